The van der Waals surface area contributed by atoms with Crippen LogP contribution in [0, 0.1) is 0 Å². The molecule has 148 valence electrons. The van der Waals surface area contributed by atoms with Gasteiger partial charge in [-0.1, -0.05) is 12.1 Å². The van der Waals surface area contributed by atoms with E-state index in [0.29, 0.717) is 37.9 Å². The maximum atomic E-state index is 13.3. The lowest BCUT2D eigenvalue weighted by molar-refractivity contribution is -0.139. The number of carbonyl (C=O) groups excluding carboxylic acids is 2. The number of rotatable bonds is 4. The van der Waals surface area contributed by atoms with Gasteiger partial charge in [0.25, 0.3) is 0 Å². The Morgan fingerprint density at radius 3 is 2.29 bits per heavy atom. The first-order valence-corrected chi connectivity index (χ1v) is 9.45. The van der Waals surface area contributed by atoms with Gasteiger partial charge in [-0.05, 0) is 31.4 Å². The lowest BCUT2D eigenvalue weighted by atomic mass is 10.0. The molecule has 1 aromatic carbocycles. The quantitative estimate of drug-likeness (QED) is 0.740. The molecule has 4 rings (SSSR count). The molecule has 1 atom stereocenters. The number of amides is 2. The molecule has 1 aromatic heterocycles. The Morgan fingerprint density at radius 2 is 1.68 bits per heavy atom. The number of para-hydroxylation sites is 2. The van der Waals surface area contributed by atoms with Crippen LogP contribution < -0.4 is 11.0 Å². The first-order valence-electron chi connectivity index (χ1n) is 9.45. The molecular weight excluding hydrogens is 364 g/mol. The summed E-state index contributed by atoms with van der Waals surface area (Å²) < 4.78 is 3.23. The van der Waals surface area contributed by atoms with Crippen molar-refractivity contribution < 1.29 is 19.5 Å². The van der Waals surface area contributed by atoms with Crippen molar-refractivity contribution in [3.63, 3.8) is 0 Å². The van der Waals surface area contributed by atoms with Gasteiger partial charge >= 0.3 is 11.7 Å². The second-order valence-electron chi connectivity index (χ2n) is 7.38. The summed E-state index contributed by atoms with van der Waals surface area (Å²) in [5.41, 5.74) is 1.18. The highest BCUT2D eigenvalue weighted by atomic mass is 16.4. The van der Waals surface area contributed by atoms with Crippen LogP contribution in [0.15, 0.2) is 29.1 Å². The molecular formula is C19H22N4O5. The highest BCUT2D eigenvalue weighted by Crippen LogP contribution is 2.28. The average molecular weight is 386 g/mol. The van der Waals surface area contributed by atoms with Crippen LogP contribution in [-0.2, 0) is 14.4 Å². The first kappa shape index (κ1) is 18.4. The maximum absolute atomic E-state index is 13.3. The number of carbonyl (C=O) groups is 3. The highest BCUT2D eigenvalue weighted by molar-refractivity contribution is 6.00. The monoisotopic (exact) mass is 386 g/mol. The number of nitrogens with one attached hydrogen (secondary N) is 1. The Hall–Kier alpha value is -2.94. The van der Waals surface area contributed by atoms with Gasteiger partial charge in [0.05, 0.1) is 17.6 Å². The number of imidazole rings is 1. The van der Waals surface area contributed by atoms with Gasteiger partial charge in [-0.3, -0.25) is 33.7 Å². The van der Waals surface area contributed by atoms with E-state index in [4.69, 9.17) is 5.11 Å². The van der Waals surface area contributed by atoms with Crippen LogP contribution in [0.4, 0.5) is 0 Å². The number of likely N-dealkylation sites (tertiary alicyclic amines) is 1. The number of hydrogen-bond donors (Lipinski definition) is 2. The molecule has 1 unspecified atom stereocenters. The topological polar surface area (TPSA) is 114 Å². The fourth-order valence-electron chi connectivity index (χ4n) is 4.30. The Labute approximate surface area is 160 Å². The normalized spacial score (nSPS) is 21.8. The summed E-state index contributed by atoms with van der Waals surface area (Å²) in [6.07, 6.45) is 1.83. The van der Waals surface area contributed by atoms with Gasteiger partial charge in [0.2, 0.25) is 11.8 Å². The third kappa shape index (κ3) is 3.22. The lowest BCUT2D eigenvalue weighted by Crippen LogP contribution is -2.45. The number of carboxylic acid groups (broad SMARTS) is 1. The molecule has 3 heterocycles. The largest absolute Gasteiger partial charge is 0.480 e. The Bertz CT molecular complexity index is 999. The number of fused-ring (bicyclic) bond motifs is 1. The van der Waals surface area contributed by atoms with Crippen molar-refractivity contribution in [2.75, 3.05) is 19.6 Å². The SMILES string of the molecule is O=C(O)CN1CCC(n2c(=O)n(C3CCC(=O)NC3=O)c3ccccc32)CC1. The molecule has 0 saturated carbocycles. The molecule has 2 aromatic rings. The summed E-state index contributed by atoms with van der Waals surface area (Å²) in [6.45, 7) is 1.20. The van der Waals surface area contributed by atoms with Gasteiger partial charge in [0.1, 0.15) is 6.04 Å². The van der Waals surface area contributed by atoms with Gasteiger partial charge in [-0.25, -0.2) is 4.79 Å². The average Bonchev–Trinajstić information content (AvgIpc) is 2.94. The molecule has 2 fully saturated rings. The van der Waals surface area contributed by atoms with Crippen molar-refractivity contribution in [3.05, 3.63) is 34.7 Å². The maximum Gasteiger partial charge on any atom is 0.330 e. The molecule has 0 spiro atoms. The molecule has 2 N–H and O–H groups in total. The third-order valence-corrected chi connectivity index (χ3v) is 5.62. The molecule has 0 aliphatic carbocycles. The van der Waals surface area contributed by atoms with Crippen LogP contribution >= 0.6 is 0 Å². The second-order valence-corrected chi connectivity index (χ2v) is 7.38. The van der Waals surface area contributed by atoms with E-state index in [9.17, 15) is 19.2 Å². The minimum Gasteiger partial charge on any atom is -0.480 e. The van der Waals surface area contributed by atoms with Crippen LogP contribution in [0.3, 0.4) is 0 Å². The van der Waals surface area contributed by atoms with Gasteiger partial charge in [0, 0.05) is 25.6 Å². The minimum absolute atomic E-state index is 0.000345. The number of aromatic nitrogens is 2. The van der Waals surface area contributed by atoms with Crippen molar-refractivity contribution in [2.45, 2.75) is 37.8 Å². The Kier molecular flexibility index (Phi) is 4.76. The zero-order valence-electron chi connectivity index (χ0n) is 15.3. The van der Waals surface area contributed by atoms with E-state index in [-0.39, 0.29) is 30.6 Å². The zero-order valence-corrected chi connectivity index (χ0v) is 15.3. The van der Waals surface area contributed by atoms with Crippen LogP contribution in [0.5, 0.6) is 0 Å². The van der Waals surface area contributed by atoms with Crippen molar-refractivity contribution in [3.8, 4) is 0 Å². The zero-order chi connectivity index (χ0) is 19.8. The van der Waals surface area contributed by atoms with E-state index < -0.39 is 17.9 Å². The molecule has 0 radical (unpaired) electrons. The predicted molar refractivity (Wildman–Crippen MR) is 100.0 cm³/mol. The van der Waals surface area contributed by atoms with E-state index >= 15 is 0 Å². The summed E-state index contributed by atoms with van der Waals surface area (Å²) in [5, 5.41) is 11.3. The molecule has 28 heavy (non-hydrogen) atoms. The van der Waals surface area contributed by atoms with Gasteiger partial charge in [-0.2, -0.15) is 0 Å². The van der Waals surface area contributed by atoms with E-state index in [1.807, 2.05) is 29.2 Å². The standard InChI is InChI=1S/C19H22N4O5/c24-16-6-5-15(18(27)20-16)23-14-4-2-1-3-13(14)22(19(23)28)12-7-9-21(10-8-12)11-17(25)26/h1-4,12,15H,5-11H2,(H,25,26)(H,20,24,27). The van der Waals surface area contributed by atoms with Gasteiger partial charge in [0.15, 0.2) is 0 Å². The Balaban J connectivity index is 1.70. The van der Waals surface area contributed by atoms with E-state index in [1.165, 1.54) is 4.57 Å². The summed E-state index contributed by atoms with van der Waals surface area (Å²) >= 11 is 0. The smallest absolute Gasteiger partial charge is 0.330 e. The summed E-state index contributed by atoms with van der Waals surface area (Å²) in [4.78, 5) is 50.0. The number of aliphatic carboxylic acids is 1. The summed E-state index contributed by atoms with van der Waals surface area (Å²) in [5.74, 6) is -1.62. The second kappa shape index (κ2) is 7.23. The van der Waals surface area contributed by atoms with E-state index in [1.54, 1.807) is 4.57 Å². The van der Waals surface area contributed by atoms with E-state index in [2.05, 4.69) is 5.32 Å². The van der Waals surface area contributed by atoms with Crippen LogP contribution in [-0.4, -0.2) is 56.6 Å². The van der Waals surface area contributed by atoms with E-state index in [0.717, 1.165) is 5.52 Å². The molecule has 9 heteroatoms. The van der Waals surface area contributed by atoms with Crippen LogP contribution in [0.25, 0.3) is 11.0 Å². The third-order valence-electron chi connectivity index (χ3n) is 5.62. The van der Waals surface area contributed by atoms with Crippen LogP contribution in [0.2, 0.25) is 0 Å². The summed E-state index contributed by atoms with van der Waals surface area (Å²) in [7, 11) is 0. The van der Waals surface area contributed by atoms with Crippen molar-refractivity contribution in [1.82, 2.24) is 19.4 Å². The van der Waals surface area contributed by atoms with Crippen molar-refractivity contribution >= 4 is 28.8 Å². The molecule has 2 saturated heterocycles. The van der Waals surface area contributed by atoms with Crippen LogP contribution in [0.1, 0.15) is 37.8 Å². The Morgan fingerprint density at radius 1 is 1.04 bits per heavy atom. The molecule has 2 aliphatic heterocycles. The van der Waals surface area contributed by atoms with Gasteiger partial charge in [-0.15, -0.1) is 0 Å². The molecule has 9 nitrogen and oxygen atoms in total. The minimum atomic E-state index is -0.856. The first-order chi connectivity index (χ1) is 13.5. The number of imide groups is 1. The number of hydrogen-bond acceptors (Lipinski definition) is 5. The fourth-order valence-corrected chi connectivity index (χ4v) is 4.30. The number of nitrogens with zero attached hydrogens (tertiary/aromatic N) is 3. The fraction of sp³-hybridized carbons (Fsp3) is 0.474. The number of carboxylic acids is 1. The molecule has 2 amide bonds. The van der Waals surface area contributed by atoms with Crippen molar-refractivity contribution in [1.29, 1.82) is 0 Å². The highest BCUT2D eigenvalue weighted by Gasteiger charge is 2.33. The molecule has 0 bridgehead atoms. The lowest BCUT2D eigenvalue weighted by Gasteiger charge is -2.31. The van der Waals surface area contributed by atoms with Gasteiger partial charge < -0.3 is 5.11 Å². The number of piperidine rings is 2. The molecule has 2 aliphatic rings. The number of benzene rings is 1. The van der Waals surface area contributed by atoms with Crippen molar-refractivity contribution in [2.24, 2.45) is 0 Å². The summed E-state index contributed by atoms with van der Waals surface area (Å²) in [6, 6.07) is 6.59. The predicted octanol–water partition coefficient (Wildman–Crippen LogP) is 0.502.